The number of ketones is 1. The number of hydrogen-bond acceptors (Lipinski definition) is 2. The van der Waals surface area contributed by atoms with E-state index in [1.54, 1.807) is 0 Å². The van der Waals surface area contributed by atoms with Crippen LogP contribution >= 0.6 is 0 Å². The van der Waals surface area contributed by atoms with Gasteiger partial charge < -0.3 is 5.73 Å². The van der Waals surface area contributed by atoms with Crippen LogP contribution in [0.5, 0.6) is 0 Å². The van der Waals surface area contributed by atoms with Gasteiger partial charge in [0, 0.05) is 17.7 Å². The minimum Gasteiger partial charge on any atom is -0.399 e. The van der Waals surface area contributed by atoms with Crippen LogP contribution in [0.4, 0.5) is 5.69 Å². The predicted molar refractivity (Wildman–Crippen MR) is 74.8 cm³/mol. The van der Waals surface area contributed by atoms with Gasteiger partial charge in [0.25, 0.3) is 0 Å². The molecule has 0 heterocycles. The van der Waals surface area contributed by atoms with E-state index in [0.717, 1.165) is 22.3 Å². The highest BCUT2D eigenvalue weighted by atomic mass is 16.1. The zero-order chi connectivity index (χ0) is 13.1. The Morgan fingerprint density at radius 3 is 2.33 bits per heavy atom. The van der Waals surface area contributed by atoms with Gasteiger partial charge in [0.15, 0.2) is 5.78 Å². The summed E-state index contributed by atoms with van der Waals surface area (Å²) in [5.41, 5.74) is 10.4. The fourth-order valence-electron chi connectivity index (χ4n) is 2.13. The topological polar surface area (TPSA) is 43.1 Å². The molecule has 2 nitrogen and oxygen atoms in total. The van der Waals surface area contributed by atoms with Crippen LogP contribution in [0.3, 0.4) is 0 Å². The van der Waals surface area contributed by atoms with Gasteiger partial charge in [-0.15, -0.1) is 0 Å². The van der Waals surface area contributed by atoms with Crippen molar-refractivity contribution in [2.45, 2.75) is 20.3 Å². The lowest BCUT2D eigenvalue weighted by Gasteiger charge is -2.05. The lowest BCUT2D eigenvalue weighted by Crippen LogP contribution is -2.04. The number of hydrogen-bond donors (Lipinski definition) is 1. The summed E-state index contributed by atoms with van der Waals surface area (Å²) in [5, 5.41) is 0. The molecule has 0 bridgehead atoms. The van der Waals surface area contributed by atoms with Crippen molar-refractivity contribution in [3.05, 3.63) is 64.7 Å². The molecule has 0 unspecified atom stereocenters. The third kappa shape index (κ3) is 2.98. The average Bonchev–Trinajstić information content (AvgIpc) is 2.27. The first-order chi connectivity index (χ1) is 8.54. The zero-order valence-corrected chi connectivity index (χ0v) is 10.7. The van der Waals surface area contributed by atoms with Gasteiger partial charge >= 0.3 is 0 Å². The number of nitrogen functional groups attached to an aromatic ring is 1. The summed E-state index contributed by atoms with van der Waals surface area (Å²) < 4.78 is 0. The van der Waals surface area contributed by atoms with Crippen molar-refractivity contribution in [2.75, 3.05) is 5.73 Å². The maximum atomic E-state index is 12.2. The van der Waals surface area contributed by atoms with Gasteiger partial charge in [-0.1, -0.05) is 29.3 Å². The van der Waals surface area contributed by atoms with E-state index >= 15 is 0 Å². The Kier molecular flexibility index (Phi) is 3.47. The van der Waals surface area contributed by atoms with Crippen LogP contribution in [0.1, 0.15) is 27.0 Å². The summed E-state index contributed by atoms with van der Waals surface area (Å²) in [6, 6.07) is 13.4. The van der Waals surface area contributed by atoms with Crippen LogP contribution in [0, 0.1) is 13.8 Å². The van der Waals surface area contributed by atoms with Gasteiger partial charge in [-0.25, -0.2) is 0 Å². The second-order valence-electron chi connectivity index (χ2n) is 4.72. The second kappa shape index (κ2) is 5.05. The minimum atomic E-state index is 0.132. The molecule has 0 aliphatic rings. The number of carbonyl (C=O) groups excluding carboxylic acids is 1. The number of aryl methyl sites for hydroxylation is 2. The van der Waals surface area contributed by atoms with Crippen molar-refractivity contribution in [3.8, 4) is 0 Å². The summed E-state index contributed by atoms with van der Waals surface area (Å²) in [5.74, 6) is 0.132. The minimum absolute atomic E-state index is 0.132. The van der Waals surface area contributed by atoms with Crippen molar-refractivity contribution >= 4 is 11.5 Å². The summed E-state index contributed by atoms with van der Waals surface area (Å²) in [4.78, 5) is 12.2. The highest BCUT2D eigenvalue weighted by molar-refractivity contribution is 5.97. The van der Waals surface area contributed by atoms with Crippen LogP contribution < -0.4 is 5.73 Å². The van der Waals surface area contributed by atoms with Crippen molar-refractivity contribution in [1.29, 1.82) is 0 Å². The molecule has 2 rings (SSSR count). The van der Waals surface area contributed by atoms with E-state index in [-0.39, 0.29) is 5.78 Å². The molecule has 2 aromatic carbocycles. The summed E-state index contributed by atoms with van der Waals surface area (Å²) in [7, 11) is 0. The first-order valence-electron chi connectivity index (χ1n) is 6.00. The normalized spacial score (nSPS) is 10.3. The zero-order valence-electron chi connectivity index (χ0n) is 10.7. The van der Waals surface area contributed by atoms with E-state index in [1.807, 2.05) is 50.2 Å². The van der Waals surface area contributed by atoms with Crippen LogP contribution in [0.25, 0.3) is 0 Å². The van der Waals surface area contributed by atoms with Crippen LogP contribution in [-0.4, -0.2) is 5.78 Å². The first-order valence-corrected chi connectivity index (χ1v) is 6.00. The van der Waals surface area contributed by atoms with Gasteiger partial charge in [0.1, 0.15) is 0 Å². The van der Waals surface area contributed by atoms with Gasteiger partial charge in [-0.3, -0.25) is 4.79 Å². The van der Waals surface area contributed by atoms with Crippen molar-refractivity contribution in [2.24, 2.45) is 0 Å². The van der Waals surface area contributed by atoms with Crippen molar-refractivity contribution in [1.82, 2.24) is 0 Å². The second-order valence-corrected chi connectivity index (χ2v) is 4.72. The van der Waals surface area contributed by atoms with Crippen molar-refractivity contribution in [3.63, 3.8) is 0 Å². The van der Waals surface area contributed by atoms with Crippen LogP contribution in [-0.2, 0) is 6.42 Å². The number of Topliss-reactive ketones (excluding diaryl/α,β-unsaturated/α-hetero) is 1. The Morgan fingerprint density at radius 1 is 1.06 bits per heavy atom. The molecule has 0 aliphatic heterocycles. The van der Waals surface area contributed by atoms with E-state index in [1.165, 1.54) is 0 Å². The smallest absolute Gasteiger partial charge is 0.167 e. The van der Waals surface area contributed by atoms with Gasteiger partial charge in [0.2, 0.25) is 0 Å². The lowest BCUT2D eigenvalue weighted by molar-refractivity contribution is 0.0993. The quantitative estimate of drug-likeness (QED) is 0.659. The third-order valence-corrected chi connectivity index (χ3v) is 2.86. The molecular weight excluding hydrogens is 222 g/mol. The van der Waals surface area contributed by atoms with Crippen LogP contribution in [0.2, 0.25) is 0 Å². The summed E-state index contributed by atoms with van der Waals surface area (Å²) >= 11 is 0. The SMILES string of the molecule is Cc1cc(C)cc(C(=O)Cc2cccc(N)c2)c1. The third-order valence-electron chi connectivity index (χ3n) is 2.86. The van der Waals surface area contributed by atoms with E-state index < -0.39 is 0 Å². The molecule has 0 radical (unpaired) electrons. The standard InChI is InChI=1S/C16H17NO/c1-11-6-12(2)8-14(7-11)16(18)10-13-4-3-5-15(17)9-13/h3-9H,10,17H2,1-2H3. The summed E-state index contributed by atoms with van der Waals surface area (Å²) in [6.45, 7) is 4.01. The average molecular weight is 239 g/mol. The Morgan fingerprint density at radius 2 is 1.72 bits per heavy atom. The number of carbonyl (C=O) groups is 1. The monoisotopic (exact) mass is 239 g/mol. The number of nitrogens with two attached hydrogens (primary N) is 1. The molecule has 0 saturated carbocycles. The highest BCUT2D eigenvalue weighted by Gasteiger charge is 2.08. The fourth-order valence-corrected chi connectivity index (χ4v) is 2.13. The molecule has 0 aliphatic carbocycles. The summed E-state index contributed by atoms with van der Waals surface area (Å²) in [6.07, 6.45) is 0.397. The predicted octanol–water partition coefficient (Wildman–Crippen LogP) is 3.31. The van der Waals surface area contributed by atoms with Gasteiger partial charge in [-0.05, 0) is 43.7 Å². The van der Waals surface area contributed by atoms with Crippen molar-refractivity contribution < 1.29 is 4.79 Å². The number of benzene rings is 2. The maximum Gasteiger partial charge on any atom is 0.167 e. The molecule has 2 heteroatoms. The van der Waals surface area contributed by atoms with Gasteiger partial charge in [0.05, 0.1) is 0 Å². The molecular formula is C16H17NO. The van der Waals surface area contributed by atoms with Gasteiger partial charge in [-0.2, -0.15) is 0 Å². The highest BCUT2D eigenvalue weighted by Crippen LogP contribution is 2.14. The molecule has 0 aromatic heterocycles. The number of anilines is 1. The number of rotatable bonds is 3. The lowest BCUT2D eigenvalue weighted by atomic mass is 9.99. The van der Waals surface area contributed by atoms with E-state index in [0.29, 0.717) is 12.1 Å². The molecule has 92 valence electrons. The largest absolute Gasteiger partial charge is 0.399 e. The molecule has 18 heavy (non-hydrogen) atoms. The molecule has 0 fully saturated rings. The van der Waals surface area contributed by atoms with E-state index in [4.69, 9.17) is 5.73 Å². The Bertz CT molecular complexity index is 567. The molecule has 0 atom stereocenters. The Balaban J connectivity index is 2.22. The van der Waals surface area contributed by atoms with E-state index in [9.17, 15) is 4.79 Å². The maximum absolute atomic E-state index is 12.2. The molecule has 0 amide bonds. The van der Waals surface area contributed by atoms with Crippen LogP contribution in [0.15, 0.2) is 42.5 Å². The first kappa shape index (κ1) is 12.4. The molecule has 2 aromatic rings. The molecule has 0 spiro atoms. The fraction of sp³-hybridized carbons (Fsp3) is 0.188. The molecule has 2 N–H and O–H groups in total. The Labute approximate surface area is 107 Å². The molecule has 0 saturated heterocycles. The Hall–Kier alpha value is -2.09. The van der Waals surface area contributed by atoms with E-state index in [2.05, 4.69) is 6.07 Å².